The highest BCUT2D eigenvalue weighted by atomic mass is 35.5. The summed E-state index contributed by atoms with van der Waals surface area (Å²) in [7, 11) is 0. The summed E-state index contributed by atoms with van der Waals surface area (Å²) in [6.07, 6.45) is 0.546. The number of hydrogen-bond donors (Lipinski definition) is 2. The number of nitrogens with two attached hydrogens (primary N) is 1. The molecule has 0 bridgehead atoms. The molecule has 1 unspecified atom stereocenters. The summed E-state index contributed by atoms with van der Waals surface area (Å²) in [5, 5.41) is 9.44. The number of aliphatic hydroxyl groups is 1. The second kappa shape index (κ2) is 6.25. The van der Waals surface area contributed by atoms with Crippen LogP contribution in [0.15, 0.2) is 18.2 Å². The first kappa shape index (κ1) is 13.7. The van der Waals surface area contributed by atoms with Crippen LogP contribution in [0.4, 0.5) is 0 Å². The summed E-state index contributed by atoms with van der Waals surface area (Å²) < 4.78 is 0. The first-order valence-corrected chi connectivity index (χ1v) is 4.66. The average molecular weight is 236 g/mol. The molecule has 0 fully saturated rings. The van der Waals surface area contributed by atoms with E-state index < -0.39 is 0 Å². The summed E-state index contributed by atoms with van der Waals surface area (Å²) in [6.45, 7) is 2.06. The van der Waals surface area contributed by atoms with Gasteiger partial charge in [-0.2, -0.15) is 0 Å². The predicted molar refractivity (Wildman–Crippen MR) is 62.1 cm³/mol. The van der Waals surface area contributed by atoms with E-state index in [1.807, 2.05) is 25.1 Å². The van der Waals surface area contributed by atoms with Crippen LogP contribution >= 0.6 is 24.0 Å². The lowest BCUT2D eigenvalue weighted by molar-refractivity contribution is 0.276. The summed E-state index contributed by atoms with van der Waals surface area (Å²) in [5.41, 5.74) is 7.88. The summed E-state index contributed by atoms with van der Waals surface area (Å²) in [6, 6.07) is 5.52. The molecular weight excluding hydrogens is 221 g/mol. The van der Waals surface area contributed by atoms with Gasteiger partial charge in [0.05, 0.1) is 0 Å². The third-order valence-corrected chi connectivity index (χ3v) is 2.41. The maximum atomic E-state index is 8.76. The molecule has 1 rings (SSSR count). The molecule has 80 valence electrons. The van der Waals surface area contributed by atoms with Gasteiger partial charge in [0.2, 0.25) is 0 Å². The van der Waals surface area contributed by atoms with E-state index in [0.717, 1.165) is 11.1 Å². The van der Waals surface area contributed by atoms with Crippen LogP contribution in [0.25, 0.3) is 0 Å². The first-order valence-electron chi connectivity index (χ1n) is 4.28. The summed E-state index contributed by atoms with van der Waals surface area (Å²) in [4.78, 5) is 0. The lowest BCUT2D eigenvalue weighted by Crippen LogP contribution is -2.13. The van der Waals surface area contributed by atoms with Gasteiger partial charge < -0.3 is 10.8 Å². The van der Waals surface area contributed by atoms with Gasteiger partial charge in [-0.25, -0.2) is 0 Å². The average Bonchev–Trinajstić information content (AvgIpc) is 2.04. The third kappa shape index (κ3) is 3.14. The third-order valence-electron chi connectivity index (χ3n) is 2.08. The van der Waals surface area contributed by atoms with Crippen molar-refractivity contribution in [3.05, 3.63) is 34.3 Å². The Morgan fingerprint density at radius 3 is 2.64 bits per heavy atom. The van der Waals surface area contributed by atoms with Gasteiger partial charge in [0.25, 0.3) is 0 Å². The van der Waals surface area contributed by atoms with E-state index in [1.54, 1.807) is 0 Å². The van der Waals surface area contributed by atoms with Crippen LogP contribution in [-0.2, 0) is 0 Å². The molecule has 0 radical (unpaired) electrons. The molecule has 3 N–H and O–H groups in total. The van der Waals surface area contributed by atoms with E-state index in [2.05, 4.69) is 0 Å². The van der Waals surface area contributed by atoms with Crippen molar-refractivity contribution in [3.63, 3.8) is 0 Å². The number of aliphatic hydroxyl groups excluding tert-OH is 1. The van der Waals surface area contributed by atoms with Crippen LogP contribution < -0.4 is 5.73 Å². The van der Waals surface area contributed by atoms with Crippen LogP contribution in [0.1, 0.15) is 23.6 Å². The molecule has 0 aromatic heterocycles. The normalized spacial score (nSPS) is 12.0. The fourth-order valence-corrected chi connectivity index (χ4v) is 1.76. The topological polar surface area (TPSA) is 46.2 Å². The van der Waals surface area contributed by atoms with Gasteiger partial charge in [-0.1, -0.05) is 23.7 Å². The smallest absolute Gasteiger partial charge is 0.0456 e. The van der Waals surface area contributed by atoms with E-state index >= 15 is 0 Å². The number of aryl methyl sites for hydroxylation is 1. The fourth-order valence-electron chi connectivity index (χ4n) is 1.40. The summed E-state index contributed by atoms with van der Waals surface area (Å²) >= 11 is 6.00. The number of hydrogen-bond acceptors (Lipinski definition) is 2. The van der Waals surface area contributed by atoms with Gasteiger partial charge in [0.1, 0.15) is 0 Å². The maximum absolute atomic E-state index is 8.76. The standard InChI is InChI=1S/C10H14ClNO.ClH/c1-7-3-2-4-8(11)10(7)9(12)5-6-13;/h2-4,9,13H,5-6,12H2,1H3;1H. The molecule has 0 saturated heterocycles. The van der Waals surface area contributed by atoms with Gasteiger partial charge in [0.15, 0.2) is 0 Å². The van der Waals surface area contributed by atoms with Gasteiger partial charge in [-0.15, -0.1) is 12.4 Å². The van der Waals surface area contributed by atoms with Crippen molar-refractivity contribution in [1.82, 2.24) is 0 Å². The Hall–Kier alpha value is -0.280. The molecule has 1 aromatic rings. The van der Waals surface area contributed by atoms with E-state index in [1.165, 1.54) is 0 Å². The Balaban J connectivity index is 0.00000169. The fraction of sp³-hybridized carbons (Fsp3) is 0.400. The Labute approximate surface area is 95.5 Å². The van der Waals surface area contributed by atoms with E-state index in [9.17, 15) is 0 Å². The van der Waals surface area contributed by atoms with Crippen molar-refractivity contribution in [2.45, 2.75) is 19.4 Å². The Bertz CT molecular complexity index is 271. The van der Waals surface area contributed by atoms with Crippen LogP contribution in [0.3, 0.4) is 0 Å². The van der Waals surface area contributed by atoms with Crippen molar-refractivity contribution < 1.29 is 5.11 Å². The molecule has 0 spiro atoms. The highest BCUT2D eigenvalue weighted by molar-refractivity contribution is 6.31. The molecular formula is C10H15Cl2NO. The van der Waals surface area contributed by atoms with Gasteiger partial charge in [-0.05, 0) is 30.5 Å². The maximum Gasteiger partial charge on any atom is 0.0456 e. The Kier molecular flexibility index (Phi) is 6.12. The quantitative estimate of drug-likeness (QED) is 0.846. The molecule has 2 nitrogen and oxygen atoms in total. The lowest BCUT2D eigenvalue weighted by atomic mass is 10.00. The number of halogens is 2. The van der Waals surface area contributed by atoms with Crippen molar-refractivity contribution in [3.8, 4) is 0 Å². The van der Waals surface area contributed by atoms with Crippen molar-refractivity contribution >= 4 is 24.0 Å². The van der Waals surface area contributed by atoms with E-state index in [-0.39, 0.29) is 25.1 Å². The first-order chi connectivity index (χ1) is 6.16. The van der Waals surface area contributed by atoms with E-state index in [4.69, 9.17) is 22.4 Å². The molecule has 0 heterocycles. The second-order valence-electron chi connectivity index (χ2n) is 3.09. The highest BCUT2D eigenvalue weighted by Gasteiger charge is 2.11. The largest absolute Gasteiger partial charge is 0.396 e. The van der Waals surface area contributed by atoms with Crippen LogP contribution in [-0.4, -0.2) is 11.7 Å². The molecule has 0 aliphatic heterocycles. The van der Waals surface area contributed by atoms with Crippen molar-refractivity contribution in [1.29, 1.82) is 0 Å². The Morgan fingerprint density at radius 1 is 1.50 bits per heavy atom. The van der Waals surface area contributed by atoms with Crippen molar-refractivity contribution in [2.75, 3.05) is 6.61 Å². The molecule has 0 saturated carbocycles. The minimum atomic E-state index is -0.168. The van der Waals surface area contributed by atoms with Crippen LogP contribution in [0, 0.1) is 6.92 Å². The molecule has 4 heteroatoms. The minimum absolute atomic E-state index is 0. The molecule has 14 heavy (non-hydrogen) atoms. The number of benzene rings is 1. The zero-order valence-electron chi connectivity index (χ0n) is 8.03. The van der Waals surface area contributed by atoms with Crippen LogP contribution in [0.2, 0.25) is 5.02 Å². The number of rotatable bonds is 3. The molecule has 0 aliphatic carbocycles. The van der Waals surface area contributed by atoms with Gasteiger partial charge in [0, 0.05) is 17.7 Å². The lowest BCUT2D eigenvalue weighted by Gasteiger charge is -2.14. The predicted octanol–water partition coefficient (Wildman–Crippen LogP) is 2.45. The van der Waals surface area contributed by atoms with Crippen molar-refractivity contribution in [2.24, 2.45) is 5.73 Å². The van der Waals surface area contributed by atoms with Gasteiger partial charge in [-0.3, -0.25) is 0 Å². The molecule has 0 aliphatic rings. The molecule has 0 amide bonds. The van der Waals surface area contributed by atoms with E-state index in [0.29, 0.717) is 11.4 Å². The van der Waals surface area contributed by atoms with Gasteiger partial charge >= 0.3 is 0 Å². The zero-order valence-corrected chi connectivity index (χ0v) is 9.61. The second-order valence-corrected chi connectivity index (χ2v) is 3.50. The SMILES string of the molecule is Cc1cccc(Cl)c1C(N)CCO.Cl. The Morgan fingerprint density at radius 2 is 2.14 bits per heavy atom. The summed E-state index contributed by atoms with van der Waals surface area (Å²) in [5.74, 6) is 0. The zero-order chi connectivity index (χ0) is 9.84. The van der Waals surface area contributed by atoms with Crippen LogP contribution in [0.5, 0.6) is 0 Å². The molecule has 1 aromatic carbocycles. The minimum Gasteiger partial charge on any atom is -0.396 e. The molecule has 1 atom stereocenters. The highest BCUT2D eigenvalue weighted by Crippen LogP contribution is 2.26. The monoisotopic (exact) mass is 235 g/mol.